The molecule has 1 aliphatic rings. The highest BCUT2D eigenvalue weighted by Crippen LogP contribution is 2.28. The highest BCUT2D eigenvalue weighted by molar-refractivity contribution is 5.76. The molecule has 0 bridgehead atoms. The Labute approximate surface area is 140 Å². The summed E-state index contributed by atoms with van der Waals surface area (Å²) in [4.78, 5) is 11.6. The molecule has 1 saturated heterocycles. The molecule has 1 fully saturated rings. The highest BCUT2D eigenvalue weighted by atomic mass is 19.1. The summed E-state index contributed by atoms with van der Waals surface area (Å²) in [7, 11) is 1.40. The van der Waals surface area contributed by atoms with Crippen molar-refractivity contribution in [2.45, 2.75) is 31.5 Å². The number of methoxy groups -OCH3 is 1. The van der Waals surface area contributed by atoms with Crippen molar-refractivity contribution < 1.29 is 18.7 Å². The minimum atomic E-state index is -0.266. The third kappa shape index (κ3) is 3.74. The van der Waals surface area contributed by atoms with E-state index in [9.17, 15) is 9.18 Å². The van der Waals surface area contributed by atoms with Gasteiger partial charge in [0.2, 0.25) is 0 Å². The molecule has 1 N–H and O–H groups in total. The fraction of sp³-hybridized carbons (Fsp3) is 0.316. The summed E-state index contributed by atoms with van der Waals surface area (Å²) >= 11 is 0. The molecule has 126 valence electrons. The van der Waals surface area contributed by atoms with Gasteiger partial charge in [-0.05, 0) is 36.6 Å². The molecule has 0 aromatic heterocycles. The van der Waals surface area contributed by atoms with Crippen LogP contribution in [0.2, 0.25) is 0 Å². The van der Waals surface area contributed by atoms with E-state index in [4.69, 9.17) is 9.47 Å². The molecule has 3 rings (SSSR count). The topological polar surface area (TPSA) is 47.6 Å². The van der Waals surface area contributed by atoms with Crippen LogP contribution in [0.15, 0.2) is 48.5 Å². The first kappa shape index (κ1) is 16.5. The Hall–Kier alpha value is -2.40. The third-order valence-corrected chi connectivity index (χ3v) is 4.27. The van der Waals surface area contributed by atoms with Gasteiger partial charge in [0, 0.05) is 11.6 Å². The SMILES string of the molecule is COC(=O)C1CCC(c2ccc(OCc3ccccc3F)cc2)N1. The molecular weight excluding hydrogens is 309 g/mol. The number of carbonyl (C=O) groups is 1. The Bertz CT molecular complexity index is 702. The zero-order chi connectivity index (χ0) is 16.9. The monoisotopic (exact) mass is 329 g/mol. The van der Waals surface area contributed by atoms with Crippen molar-refractivity contribution in [3.63, 3.8) is 0 Å². The van der Waals surface area contributed by atoms with Crippen molar-refractivity contribution in [2.75, 3.05) is 7.11 Å². The molecule has 0 spiro atoms. The normalized spacial score (nSPS) is 19.9. The molecule has 1 aliphatic heterocycles. The van der Waals surface area contributed by atoms with E-state index >= 15 is 0 Å². The van der Waals surface area contributed by atoms with Gasteiger partial charge in [0.1, 0.15) is 24.2 Å². The van der Waals surface area contributed by atoms with E-state index < -0.39 is 0 Å². The van der Waals surface area contributed by atoms with Crippen molar-refractivity contribution >= 4 is 5.97 Å². The van der Waals surface area contributed by atoms with E-state index in [1.807, 2.05) is 24.3 Å². The molecule has 5 heteroatoms. The van der Waals surface area contributed by atoms with Gasteiger partial charge < -0.3 is 9.47 Å². The van der Waals surface area contributed by atoms with Crippen molar-refractivity contribution in [1.29, 1.82) is 0 Å². The molecular formula is C19H20FNO3. The van der Waals surface area contributed by atoms with Crippen LogP contribution in [0.5, 0.6) is 5.75 Å². The van der Waals surface area contributed by atoms with Crippen LogP contribution >= 0.6 is 0 Å². The van der Waals surface area contributed by atoms with Gasteiger partial charge in [-0.3, -0.25) is 10.1 Å². The average molecular weight is 329 g/mol. The van der Waals surface area contributed by atoms with Gasteiger partial charge in [-0.2, -0.15) is 0 Å². The molecule has 0 saturated carbocycles. The van der Waals surface area contributed by atoms with Crippen molar-refractivity contribution in [3.05, 3.63) is 65.5 Å². The molecule has 0 aliphatic carbocycles. The quantitative estimate of drug-likeness (QED) is 0.855. The number of benzene rings is 2. The van der Waals surface area contributed by atoms with Gasteiger partial charge in [0.15, 0.2) is 0 Å². The second-order valence-electron chi connectivity index (χ2n) is 5.82. The second kappa shape index (κ2) is 7.45. The number of nitrogens with one attached hydrogen (secondary N) is 1. The zero-order valence-electron chi connectivity index (χ0n) is 13.5. The molecule has 2 unspecified atom stereocenters. The van der Waals surface area contributed by atoms with Crippen LogP contribution in [0.3, 0.4) is 0 Å². The Morgan fingerprint density at radius 1 is 1.17 bits per heavy atom. The van der Waals surface area contributed by atoms with E-state index in [-0.39, 0.29) is 30.5 Å². The number of halogens is 1. The summed E-state index contributed by atoms with van der Waals surface area (Å²) in [5.41, 5.74) is 1.62. The number of esters is 1. The number of hydrogen-bond donors (Lipinski definition) is 1. The van der Waals surface area contributed by atoms with Crippen LogP contribution in [0.25, 0.3) is 0 Å². The van der Waals surface area contributed by atoms with Crippen LogP contribution in [0.4, 0.5) is 4.39 Å². The van der Waals surface area contributed by atoms with Crippen molar-refractivity contribution in [1.82, 2.24) is 5.32 Å². The minimum absolute atomic E-state index is 0.134. The number of hydrogen-bond acceptors (Lipinski definition) is 4. The number of rotatable bonds is 5. The standard InChI is InChI=1S/C19H20FNO3/c1-23-19(22)18-11-10-17(21-18)13-6-8-15(9-7-13)24-12-14-4-2-3-5-16(14)20/h2-9,17-18,21H,10-12H2,1H3. The lowest BCUT2D eigenvalue weighted by Gasteiger charge is -2.14. The van der Waals surface area contributed by atoms with Crippen LogP contribution in [0.1, 0.15) is 30.0 Å². The first-order valence-electron chi connectivity index (χ1n) is 7.97. The predicted molar refractivity (Wildman–Crippen MR) is 88.1 cm³/mol. The average Bonchev–Trinajstić information content (AvgIpc) is 3.11. The summed E-state index contributed by atoms with van der Waals surface area (Å²) in [6.07, 6.45) is 1.65. The summed E-state index contributed by atoms with van der Waals surface area (Å²) in [5.74, 6) is 0.199. The molecule has 24 heavy (non-hydrogen) atoms. The first-order valence-corrected chi connectivity index (χ1v) is 7.97. The van der Waals surface area contributed by atoms with Gasteiger partial charge >= 0.3 is 5.97 Å². The summed E-state index contributed by atoms with van der Waals surface area (Å²) < 4.78 is 24.0. The van der Waals surface area contributed by atoms with E-state index in [1.54, 1.807) is 18.2 Å². The fourth-order valence-electron chi connectivity index (χ4n) is 2.91. The van der Waals surface area contributed by atoms with Gasteiger partial charge in [-0.1, -0.05) is 30.3 Å². The summed E-state index contributed by atoms with van der Waals surface area (Å²) in [6, 6.07) is 14.1. The Balaban J connectivity index is 1.58. The molecule has 4 nitrogen and oxygen atoms in total. The van der Waals surface area contributed by atoms with Gasteiger partial charge in [-0.25, -0.2) is 4.39 Å². The number of carbonyl (C=O) groups excluding carboxylic acids is 1. The Kier molecular flexibility index (Phi) is 5.11. The maximum absolute atomic E-state index is 13.6. The van der Waals surface area contributed by atoms with E-state index in [2.05, 4.69) is 5.32 Å². The van der Waals surface area contributed by atoms with E-state index in [1.165, 1.54) is 13.2 Å². The lowest BCUT2D eigenvalue weighted by atomic mass is 10.1. The van der Waals surface area contributed by atoms with Crippen molar-refractivity contribution in [2.24, 2.45) is 0 Å². The lowest BCUT2D eigenvalue weighted by molar-refractivity contribution is -0.142. The van der Waals surface area contributed by atoms with E-state index in [0.717, 1.165) is 18.4 Å². The smallest absolute Gasteiger partial charge is 0.322 e. The van der Waals surface area contributed by atoms with Crippen LogP contribution in [-0.4, -0.2) is 19.1 Å². The van der Waals surface area contributed by atoms with Gasteiger partial charge in [0.25, 0.3) is 0 Å². The maximum atomic E-state index is 13.6. The van der Waals surface area contributed by atoms with Crippen molar-refractivity contribution in [3.8, 4) is 5.75 Å². The Morgan fingerprint density at radius 2 is 1.92 bits per heavy atom. The molecule has 0 radical (unpaired) electrons. The van der Waals surface area contributed by atoms with Crippen LogP contribution in [0, 0.1) is 5.82 Å². The molecule has 1 heterocycles. The first-order chi connectivity index (χ1) is 11.7. The molecule has 2 atom stereocenters. The summed E-state index contributed by atoms with van der Waals surface area (Å²) in [6.45, 7) is 0.193. The van der Waals surface area contributed by atoms with Gasteiger partial charge in [-0.15, -0.1) is 0 Å². The second-order valence-corrected chi connectivity index (χ2v) is 5.82. The maximum Gasteiger partial charge on any atom is 0.322 e. The largest absolute Gasteiger partial charge is 0.489 e. The molecule has 2 aromatic carbocycles. The predicted octanol–water partition coefficient (Wildman–Crippen LogP) is 3.37. The van der Waals surface area contributed by atoms with Crippen LogP contribution in [-0.2, 0) is 16.1 Å². The van der Waals surface area contributed by atoms with Crippen LogP contribution < -0.4 is 10.1 Å². The molecule has 2 aromatic rings. The Morgan fingerprint density at radius 3 is 2.62 bits per heavy atom. The van der Waals surface area contributed by atoms with E-state index in [0.29, 0.717) is 11.3 Å². The summed E-state index contributed by atoms with van der Waals surface area (Å²) in [5, 5.41) is 3.28. The van der Waals surface area contributed by atoms with Gasteiger partial charge in [0.05, 0.1) is 7.11 Å². The number of ether oxygens (including phenoxy) is 2. The third-order valence-electron chi connectivity index (χ3n) is 4.27. The highest BCUT2D eigenvalue weighted by Gasteiger charge is 2.30. The molecule has 0 amide bonds. The lowest BCUT2D eigenvalue weighted by Crippen LogP contribution is -2.33. The zero-order valence-corrected chi connectivity index (χ0v) is 13.5. The fourth-order valence-corrected chi connectivity index (χ4v) is 2.91. The minimum Gasteiger partial charge on any atom is -0.489 e.